The lowest BCUT2D eigenvalue weighted by molar-refractivity contribution is -0.143. The third-order valence-electron chi connectivity index (χ3n) is 5.84. The minimum absolute atomic E-state index is 0.374. The molecule has 0 radical (unpaired) electrons. The molecule has 1 N–H and O–H groups in total. The lowest BCUT2D eigenvalue weighted by Gasteiger charge is -2.32. The van der Waals surface area contributed by atoms with Crippen LogP contribution in [0.25, 0.3) is 11.3 Å². The molecule has 1 aromatic carbocycles. The first-order valence-electron chi connectivity index (χ1n) is 9.26. The van der Waals surface area contributed by atoms with Crippen molar-refractivity contribution in [3.63, 3.8) is 0 Å². The van der Waals surface area contributed by atoms with E-state index in [1.54, 1.807) is 0 Å². The van der Waals surface area contributed by atoms with E-state index in [2.05, 4.69) is 36.1 Å². The van der Waals surface area contributed by atoms with Gasteiger partial charge in [-0.25, -0.2) is 0 Å². The molecule has 25 heavy (non-hydrogen) atoms. The van der Waals surface area contributed by atoms with Crippen LogP contribution >= 0.6 is 0 Å². The van der Waals surface area contributed by atoms with Crippen molar-refractivity contribution in [1.82, 2.24) is 4.90 Å². The van der Waals surface area contributed by atoms with Gasteiger partial charge in [0.1, 0.15) is 17.6 Å². The number of carboxylic acid groups (broad SMARTS) is 1. The number of rotatable bonds is 4. The van der Waals surface area contributed by atoms with E-state index in [4.69, 9.17) is 4.42 Å². The monoisotopic (exact) mass is 339 g/mol. The summed E-state index contributed by atoms with van der Waals surface area (Å²) in [6.45, 7) is 2.65. The van der Waals surface area contributed by atoms with Gasteiger partial charge in [-0.3, -0.25) is 9.69 Å². The first-order chi connectivity index (χ1) is 12.1. The molecular formula is C21H25NO3. The second-order valence-corrected chi connectivity index (χ2v) is 7.51. The summed E-state index contributed by atoms with van der Waals surface area (Å²) < 4.78 is 6.04. The van der Waals surface area contributed by atoms with E-state index < -0.39 is 5.97 Å². The molecule has 1 saturated heterocycles. The van der Waals surface area contributed by atoms with Crippen molar-refractivity contribution in [1.29, 1.82) is 0 Å². The molecule has 0 spiro atoms. The molecule has 0 bridgehead atoms. The van der Waals surface area contributed by atoms with E-state index in [0.717, 1.165) is 36.3 Å². The average molecular weight is 339 g/mol. The molecule has 2 fully saturated rings. The van der Waals surface area contributed by atoms with Crippen molar-refractivity contribution < 1.29 is 14.3 Å². The summed E-state index contributed by atoms with van der Waals surface area (Å²) in [5.41, 5.74) is 2.28. The van der Waals surface area contributed by atoms with E-state index in [0.29, 0.717) is 18.5 Å². The fraction of sp³-hybridized carbons (Fsp3) is 0.476. The molecule has 4 heteroatoms. The maximum Gasteiger partial charge on any atom is 0.320 e. The maximum absolute atomic E-state index is 11.7. The second kappa shape index (κ2) is 6.68. The Bertz CT molecular complexity index is 749. The Kier molecular flexibility index (Phi) is 4.38. The third-order valence-corrected chi connectivity index (χ3v) is 5.84. The Morgan fingerprint density at radius 3 is 2.68 bits per heavy atom. The first-order valence-corrected chi connectivity index (χ1v) is 9.26. The molecule has 1 saturated carbocycles. The SMILES string of the molecule is Cc1ccc(-c2ccc(CN3C(C(=O)O)CC4CCCCC43)o2)cc1. The number of furan rings is 1. The highest BCUT2D eigenvalue weighted by Crippen LogP contribution is 2.40. The van der Waals surface area contributed by atoms with Crippen LogP contribution in [-0.4, -0.2) is 28.1 Å². The van der Waals surface area contributed by atoms with E-state index in [1.807, 2.05) is 12.1 Å². The molecule has 1 aliphatic carbocycles. The maximum atomic E-state index is 11.7. The largest absolute Gasteiger partial charge is 0.480 e. The van der Waals surface area contributed by atoms with Crippen molar-refractivity contribution in [2.75, 3.05) is 0 Å². The molecule has 1 aromatic heterocycles. The van der Waals surface area contributed by atoms with Gasteiger partial charge < -0.3 is 9.52 Å². The lowest BCUT2D eigenvalue weighted by atomic mass is 9.85. The Labute approximate surface area is 148 Å². The van der Waals surface area contributed by atoms with Gasteiger partial charge in [0.05, 0.1) is 6.54 Å². The van der Waals surface area contributed by atoms with E-state index >= 15 is 0 Å². The number of nitrogens with zero attached hydrogens (tertiary/aromatic N) is 1. The van der Waals surface area contributed by atoms with Crippen molar-refractivity contribution >= 4 is 5.97 Å². The van der Waals surface area contributed by atoms with Gasteiger partial charge in [0.25, 0.3) is 0 Å². The number of hydrogen-bond donors (Lipinski definition) is 1. The van der Waals surface area contributed by atoms with Gasteiger partial charge in [-0.15, -0.1) is 0 Å². The molecule has 2 aromatic rings. The van der Waals surface area contributed by atoms with Gasteiger partial charge in [-0.05, 0) is 44.2 Å². The summed E-state index contributed by atoms with van der Waals surface area (Å²) in [6.07, 6.45) is 5.50. The Balaban J connectivity index is 1.54. The topological polar surface area (TPSA) is 53.7 Å². The number of benzene rings is 1. The van der Waals surface area contributed by atoms with Crippen molar-refractivity contribution in [3.8, 4) is 11.3 Å². The minimum Gasteiger partial charge on any atom is -0.480 e. The number of aryl methyl sites for hydroxylation is 1. The number of likely N-dealkylation sites (tertiary alicyclic amines) is 1. The molecular weight excluding hydrogens is 314 g/mol. The second-order valence-electron chi connectivity index (χ2n) is 7.51. The van der Waals surface area contributed by atoms with Crippen LogP contribution in [0.2, 0.25) is 0 Å². The summed E-state index contributed by atoms with van der Waals surface area (Å²) in [6, 6.07) is 12.3. The van der Waals surface area contributed by atoms with Crippen LogP contribution in [0, 0.1) is 12.8 Å². The Morgan fingerprint density at radius 2 is 1.92 bits per heavy atom. The lowest BCUT2D eigenvalue weighted by Crippen LogP contribution is -2.41. The summed E-state index contributed by atoms with van der Waals surface area (Å²) >= 11 is 0. The third kappa shape index (κ3) is 3.23. The number of aliphatic carboxylic acids is 1. The zero-order valence-electron chi connectivity index (χ0n) is 14.6. The van der Waals surface area contributed by atoms with Crippen LogP contribution in [0.15, 0.2) is 40.8 Å². The predicted molar refractivity (Wildman–Crippen MR) is 96.2 cm³/mol. The highest BCUT2D eigenvalue weighted by molar-refractivity contribution is 5.74. The van der Waals surface area contributed by atoms with Crippen LogP contribution in [0.1, 0.15) is 43.4 Å². The molecule has 3 atom stereocenters. The van der Waals surface area contributed by atoms with Gasteiger partial charge in [0.15, 0.2) is 0 Å². The first kappa shape index (κ1) is 16.4. The fourth-order valence-corrected chi connectivity index (χ4v) is 4.54. The predicted octanol–water partition coefficient (Wildman–Crippen LogP) is 4.47. The Hall–Kier alpha value is -2.07. The Morgan fingerprint density at radius 1 is 1.16 bits per heavy atom. The van der Waals surface area contributed by atoms with E-state index in [1.165, 1.54) is 18.4 Å². The molecule has 1 aliphatic heterocycles. The summed E-state index contributed by atoms with van der Waals surface area (Å²) in [7, 11) is 0. The average Bonchev–Trinajstić information content (AvgIpc) is 3.21. The quantitative estimate of drug-likeness (QED) is 0.893. The van der Waals surface area contributed by atoms with E-state index in [-0.39, 0.29) is 6.04 Å². The van der Waals surface area contributed by atoms with Crippen LogP contribution in [0.3, 0.4) is 0 Å². The molecule has 4 rings (SSSR count). The molecule has 3 unspecified atom stereocenters. The van der Waals surface area contributed by atoms with Crippen LogP contribution in [0.4, 0.5) is 0 Å². The normalized spacial score (nSPS) is 26.5. The highest BCUT2D eigenvalue weighted by atomic mass is 16.4. The summed E-state index contributed by atoms with van der Waals surface area (Å²) in [5.74, 6) is 1.54. The molecule has 2 aliphatic rings. The number of hydrogen-bond acceptors (Lipinski definition) is 3. The number of fused-ring (bicyclic) bond motifs is 1. The number of carboxylic acids is 1. The van der Waals surface area contributed by atoms with Crippen molar-refractivity contribution in [2.45, 2.75) is 57.7 Å². The highest BCUT2D eigenvalue weighted by Gasteiger charge is 2.45. The summed E-state index contributed by atoms with van der Waals surface area (Å²) in [4.78, 5) is 13.9. The molecule has 2 heterocycles. The fourth-order valence-electron chi connectivity index (χ4n) is 4.54. The zero-order chi connectivity index (χ0) is 17.4. The standard InChI is InChI=1S/C21H25NO3/c1-14-6-8-15(9-7-14)20-11-10-17(25-20)13-22-18-5-3-2-4-16(18)12-19(22)21(23)24/h6-11,16,18-19H,2-5,12-13H2,1H3,(H,23,24). The van der Waals surface area contributed by atoms with Crippen LogP contribution < -0.4 is 0 Å². The smallest absolute Gasteiger partial charge is 0.320 e. The van der Waals surface area contributed by atoms with Crippen molar-refractivity contribution in [3.05, 3.63) is 47.7 Å². The number of carbonyl (C=O) groups is 1. The van der Waals surface area contributed by atoms with Crippen molar-refractivity contribution in [2.24, 2.45) is 5.92 Å². The van der Waals surface area contributed by atoms with Crippen LogP contribution in [-0.2, 0) is 11.3 Å². The molecule has 4 nitrogen and oxygen atoms in total. The van der Waals surface area contributed by atoms with Gasteiger partial charge in [0, 0.05) is 11.6 Å². The van der Waals surface area contributed by atoms with Crippen LogP contribution in [0.5, 0.6) is 0 Å². The zero-order valence-corrected chi connectivity index (χ0v) is 14.6. The molecule has 132 valence electrons. The van der Waals surface area contributed by atoms with Gasteiger partial charge >= 0.3 is 5.97 Å². The summed E-state index contributed by atoms with van der Waals surface area (Å²) in [5, 5.41) is 9.65. The van der Waals surface area contributed by atoms with Gasteiger partial charge in [0.2, 0.25) is 0 Å². The van der Waals surface area contributed by atoms with Gasteiger partial charge in [-0.1, -0.05) is 42.7 Å². The molecule has 0 amide bonds. The van der Waals surface area contributed by atoms with E-state index in [9.17, 15) is 9.90 Å². The van der Waals surface area contributed by atoms with Gasteiger partial charge in [-0.2, -0.15) is 0 Å². The minimum atomic E-state index is -0.695.